The van der Waals surface area contributed by atoms with Crippen molar-refractivity contribution in [2.45, 2.75) is 45.5 Å². The Balaban J connectivity index is 2.88. The highest BCUT2D eigenvalue weighted by Gasteiger charge is 1.90. The summed E-state index contributed by atoms with van der Waals surface area (Å²) < 4.78 is 6.92. The molecule has 0 fully saturated rings. The molecule has 1 nitrogen and oxygen atoms in total. The summed E-state index contributed by atoms with van der Waals surface area (Å²) in [6.07, 6.45) is 4.71. The van der Waals surface area contributed by atoms with Crippen LogP contribution in [0.2, 0.25) is 0 Å². The second-order valence-electron chi connectivity index (χ2n) is 2.26. The van der Waals surface area contributed by atoms with Gasteiger partial charge in [0.05, 0.1) is 0 Å². The van der Waals surface area contributed by atoms with E-state index in [-0.39, 0.29) is 6.04 Å². The van der Waals surface area contributed by atoms with Crippen molar-refractivity contribution >= 4 is 0 Å². The molecule has 0 aliphatic rings. The molecular weight excluding hydrogens is 98.1 g/mol. The maximum Gasteiger partial charge on any atom is 0.0246 e. The molecule has 0 rings (SSSR count). The van der Waals surface area contributed by atoms with Gasteiger partial charge in [0.1, 0.15) is 0 Å². The van der Waals surface area contributed by atoms with E-state index in [9.17, 15) is 0 Å². The predicted molar refractivity (Wildman–Crippen MR) is 37.8 cm³/mol. The van der Waals surface area contributed by atoms with Crippen LogP contribution < -0.4 is 5.73 Å². The first kappa shape index (κ1) is 6.09. The van der Waals surface area contributed by atoms with E-state index in [1.54, 1.807) is 0 Å². The SMILES string of the molecule is [2H]CC(N)CCCCC. The number of unbranched alkanes of at least 4 members (excludes halogenated alkanes) is 2. The van der Waals surface area contributed by atoms with Crippen LogP contribution in [0, 0.1) is 0 Å². The van der Waals surface area contributed by atoms with Crippen molar-refractivity contribution in [1.29, 1.82) is 0 Å². The molecule has 1 unspecified atom stereocenters. The van der Waals surface area contributed by atoms with Gasteiger partial charge in [0.2, 0.25) is 0 Å². The minimum absolute atomic E-state index is 0.122. The predicted octanol–water partition coefficient (Wildman–Crippen LogP) is 1.91. The van der Waals surface area contributed by atoms with Crippen LogP contribution in [0.1, 0.15) is 40.9 Å². The Morgan fingerprint density at radius 1 is 1.62 bits per heavy atom. The summed E-state index contributed by atoms with van der Waals surface area (Å²) in [4.78, 5) is 0. The van der Waals surface area contributed by atoms with Crippen molar-refractivity contribution in [2.75, 3.05) is 0 Å². The van der Waals surface area contributed by atoms with Gasteiger partial charge in [0.15, 0.2) is 0 Å². The van der Waals surface area contributed by atoms with E-state index in [0.717, 1.165) is 6.42 Å². The van der Waals surface area contributed by atoms with Crippen LogP contribution in [0.5, 0.6) is 0 Å². The fourth-order valence-electron chi connectivity index (χ4n) is 0.657. The summed E-state index contributed by atoms with van der Waals surface area (Å²) in [6.45, 7) is 2.55. The van der Waals surface area contributed by atoms with Gasteiger partial charge < -0.3 is 5.73 Å². The summed E-state index contributed by atoms with van der Waals surface area (Å²) in [6, 6.07) is 0.122. The first-order chi connectivity index (χ1) is 4.31. The summed E-state index contributed by atoms with van der Waals surface area (Å²) in [5.41, 5.74) is 5.53. The van der Waals surface area contributed by atoms with Gasteiger partial charge in [-0.1, -0.05) is 26.2 Å². The van der Waals surface area contributed by atoms with Gasteiger partial charge in [-0.2, -0.15) is 0 Å². The summed E-state index contributed by atoms with van der Waals surface area (Å²) in [5.74, 6) is 0. The van der Waals surface area contributed by atoms with Crippen molar-refractivity contribution in [1.82, 2.24) is 0 Å². The van der Waals surface area contributed by atoms with E-state index < -0.39 is 0 Å². The van der Waals surface area contributed by atoms with Crippen molar-refractivity contribution < 1.29 is 1.37 Å². The summed E-state index contributed by atoms with van der Waals surface area (Å²) >= 11 is 0. The molecule has 0 bridgehead atoms. The Kier molecular flexibility index (Phi) is 3.88. The maximum atomic E-state index is 6.92. The third-order valence-corrected chi connectivity index (χ3v) is 1.18. The molecule has 1 heteroatoms. The molecule has 0 aromatic heterocycles. The standard InChI is InChI=1S/C7H17N/c1-3-4-5-6-7(2)8/h7H,3-6,8H2,1-2H3/i2D. The molecule has 0 saturated heterocycles. The lowest BCUT2D eigenvalue weighted by Gasteiger charge is -2.01. The molecule has 1 atom stereocenters. The lowest BCUT2D eigenvalue weighted by Crippen LogP contribution is -2.13. The number of hydrogen-bond donors (Lipinski definition) is 1. The molecule has 0 saturated carbocycles. The fraction of sp³-hybridized carbons (Fsp3) is 1.00. The lowest BCUT2D eigenvalue weighted by molar-refractivity contribution is 0.592. The van der Waals surface area contributed by atoms with Crippen molar-refractivity contribution in [3.8, 4) is 0 Å². The van der Waals surface area contributed by atoms with E-state index in [4.69, 9.17) is 7.10 Å². The molecule has 0 amide bonds. The van der Waals surface area contributed by atoms with Crippen molar-refractivity contribution in [2.24, 2.45) is 5.73 Å². The second-order valence-corrected chi connectivity index (χ2v) is 2.26. The zero-order valence-electron chi connectivity index (χ0n) is 6.69. The molecule has 0 aromatic rings. The topological polar surface area (TPSA) is 26.0 Å². The Morgan fingerprint density at radius 3 is 2.88 bits per heavy atom. The normalized spacial score (nSPS) is 15.5. The van der Waals surface area contributed by atoms with Crippen LogP contribution >= 0.6 is 0 Å². The van der Waals surface area contributed by atoms with E-state index in [1.165, 1.54) is 19.3 Å². The third-order valence-electron chi connectivity index (χ3n) is 1.18. The molecule has 0 aromatic carbocycles. The van der Waals surface area contributed by atoms with E-state index in [0.29, 0.717) is 6.90 Å². The second kappa shape index (κ2) is 5.10. The zero-order chi connectivity index (χ0) is 7.11. The Morgan fingerprint density at radius 2 is 2.38 bits per heavy atom. The number of nitrogens with two attached hydrogens (primary N) is 1. The highest BCUT2D eigenvalue weighted by Crippen LogP contribution is 1.99. The Labute approximate surface area is 53.7 Å². The van der Waals surface area contributed by atoms with Gasteiger partial charge in [0.25, 0.3) is 0 Å². The van der Waals surface area contributed by atoms with E-state index >= 15 is 0 Å². The number of hydrogen-bond acceptors (Lipinski definition) is 1. The Hall–Kier alpha value is -0.0400. The highest BCUT2D eigenvalue weighted by atomic mass is 14.6. The molecule has 8 heavy (non-hydrogen) atoms. The van der Waals surface area contributed by atoms with Crippen LogP contribution in [0.3, 0.4) is 0 Å². The van der Waals surface area contributed by atoms with E-state index in [2.05, 4.69) is 6.92 Å². The zero-order valence-corrected chi connectivity index (χ0v) is 5.69. The molecule has 0 heterocycles. The molecular formula is C7H17N. The monoisotopic (exact) mass is 116 g/mol. The molecule has 2 N–H and O–H groups in total. The molecule has 50 valence electrons. The van der Waals surface area contributed by atoms with Crippen molar-refractivity contribution in [3.05, 3.63) is 0 Å². The van der Waals surface area contributed by atoms with Crippen LogP contribution in [0.4, 0.5) is 0 Å². The largest absolute Gasteiger partial charge is 0.328 e. The summed E-state index contributed by atoms with van der Waals surface area (Å²) in [7, 11) is 0. The first-order valence-electron chi connectivity index (χ1n) is 4.06. The van der Waals surface area contributed by atoms with Crippen LogP contribution in [-0.4, -0.2) is 6.04 Å². The van der Waals surface area contributed by atoms with Gasteiger partial charge in [-0.25, -0.2) is 0 Å². The van der Waals surface area contributed by atoms with Gasteiger partial charge in [-0.05, 0) is 13.3 Å². The van der Waals surface area contributed by atoms with Crippen LogP contribution in [0.25, 0.3) is 0 Å². The summed E-state index contributed by atoms with van der Waals surface area (Å²) in [5, 5.41) is 0. The first-order valence-corrected chi connectivity index (χ1v) is 3.36. The Bertz CT molecular complexity index is 56.9. The smallest absolute Gasteiger partial charge is 0.0246 e. The van der Waals surface area contributed by atoms with Gasteiger partial charge in [0, 0.05) is 7.41 Å². The fourth-order valence-corrected chi connectivity index (χ4v) is 0.657. The average molecular weight is 116 g/mol. The highest BCUT2D eigenvalue weighted by molar-refractivity contribution is 4.51. The van der Waals surface area contributed by atoms with Gasteiger partial charge in [-0.3, -0.25) is 0 Å². The number of rotatable bonds is 4. The van der Waals surface area contributed by atoms with Gasteiger partial charge >= 0.3 is 0 Å². The lowest BCUT2D eigenvalue weighted by atomic mass is 10.1. The molecule has 0 spiro atoms. The maximum absolute atomic E-state index is 6.92. The third kappa shape index (κ3) is 5.96. The molecule has 0 aliphatic carbocycles. The molecule has 0 radical (unpaired) electrons. The van der Waals surface area contributed by atoms with Crippen molar-refractivity contribution in [3.63, 3.8) is 0 Å². The molecule has 0 aliphatic heterocycles. The van der Waals surface area contributed by atoms with Gasteiger partial charge in [-0.15, -0.1) is 0 Å². The average Bonchev–Trinajstić information content (AvgIpc) is 1.89. The van der Waals surface area contributed by atoms with E-state index in [1.807, 2.05) is 0 Å². The minimum atomic E-state index is 0.122. The quantitative estimate of drug-likeness (QED) is 0.558. The minimum Gasteiger partial charge on any atom is -0.328 e. The van der Waals surface area contributed by atoms with Crippen LogP contribution in [-0.2, 0) is 0 Å². The van der Waals surface area contributed by atoms with Crippen LogP contribution in [0.15, 0.2) is 0 Å².